The van der Waals surface area contributed by atoms with Crippen LogP contribution in [-0.2, 0) is 5.41 Å². The van der Waals surface area contributed by atoms with Gasteiger partial charge in [0.1, 0.15) is 5.75 Å². The van der Waals surface area contributed by atoms with Crippen molar-refractivity contribution in [3.63, 3.8) is 0 Å². The first-order valence-electron chi connectivity index (χ1n) is 9.53. The third kappa shape index (κ3) is 4.33. The van der Waals surface area contributed by atoms with Crippen LogP contribution in [0, 0.1) is 0 Å². The Morgan fingerprint density at radius 2 is 1.78 bits per heavy atom. The predicted octanol–water partition coefficient (Wildman–Crippen LogP) is 4.12. The Kier molecular flexibility index (Phi) is 5.56. The van der Waals surface area contributed by atoms with E-state index in [1.165, 1.54) is 11.1 Å². The third-order valence-electron chi connectivity index (χ3n) is 5.41. The Balaban J connectivity index is 1.77. The fourth-order valence-corrected chi connectivity index (χ4v) is 3.56. The van der Waals surface area contributed by atoms with Crippen LogP contribution in [0.3, 0.4) is 0 Å². The van der Waals surface area contributed by atoms with Crippen molar-refractivity contribution in [2.45, 2.75) is 32.2 Å². The van der Waals surface area contributed by atoms with Crippen molar-refractivity contribution in [1.29, 1.82) is 0 Å². The summed E-state index contributed by atoms with van der Waals surface area (Å²) in [6.07, 6.45) is 0. The molecule has 4 heteroatoms. The van der Waals surface area contributed by atoms with Gasteiger partial charge in [-0.15, -0.1) is 0 Å². The third-order valence-corrected chi connectivity index (χ3v) is 5.41. The molecule has 0 saturated carbocycles. The number of benzene rings is 2. The van der Waals surface area contributed by atoms with Gasteiger partial charge in [-0.25, -0.2) is 0 Å². The Morgan fingerprint density at radius 3 is 2.41 bits per heavy atom. The molecule has 0 N–H and O–H groups in total. The predicted molar refractivity (Wildman–Crippen MR) is 109 cm³/mol. The van der Waals surface area contributed by atoms with Crippen LogP contribution in [0.25, 0.3) is 0 Å². The SMILES string of the molecule is COc1cccc(C2CN(C(=O)c3ccc(C(C)(C)C)cc3)CCN2C)c1. The minimum Gasteiger partial charge on any atom is -0.497 e. The number of hydrogen-bond acceptors (Lipinski definition) is 3. The first-order valence-corrected chi connectivity index (χ1v) is 9.53. The van der Waals surface area contributed by atoms with E-state index in [-0.39, 0.29) is 17.4 Å². The summed E-state index contributed by atoms with van der Waals surface area (Å²) in [7, 11) is 3.80. The van der Waals surface area contributed by atoms with E-state index in [1.807, 2.05) is 29.2 Å². The molecule has 144 valence electrons. The minimum absolute atomic E-state index is 0.0902. The van der Waals surface area contributed by atoms with Gasteiger partial charge >= 0.3 is 0 Å². The van der Waals surface area contributed by atoms with Crippen molar-refractivity contribution in [1.82, 2.24) is 9.80 Å². The number of methoxy groups -OCH3 is 1. The lowest BCUT2D eigenvalue weighted by molar-refractivity contribution is 0.0546. The number of carbonyl (C=O) groups excluding carboxylic acids is 1. The molecule has 1 saturated heterocycles. The zero-order valence-electron chi connectivity index (χ0n) is 17.0. The number of piperazine rings is 1. The minimum atomic E-state index is 0.0902. The van der Waals surface area contributed by atoms with Gasteiger partial charge < -0.3 is 9.64 Å². The Bertz CT molecular complexity index is 793. The molecule has 27 heavy (non-hydrogen) atoms. The van der Waals surface area contributed by atoms with Crippen molar-refractivity contribution >= 4 is 5.91 Å². The largest absolute Gasteiger partial charge is 0.497 e. The molecule has 1 atom stereocenters. The number of ether oxygens (including phenoxy) is 1. The van der Waals surface area contributed by atoms with Crippen LogP contribution in [0.15, 0.2) is 48.5 Å². The van der Waals surface area contributed by atoms with Gasteiger partial charge in [-0.2, -0.15) is 0 Å². The second-order valence-corrected chi connectivity index (χ2v) is 8.35. The smallest absolute Gasteiger partial charge is 0.253 e. The molecule has 2 aromatic carbocycles. The number of nitrogens with zero attached hydrogens (tertiary/aromatic N) is 2. The molecule has 1 unspecified atom stereocenters. The summed E-state index contributed by atoms with van der Waals surface area (Å²) in [4.78, 5) is 17.3. The molecule has 1 amide bonds. The summed E-state index contributed by atoms with van der Waals surface area (Å²) in [5.74, 6) is 0.957. The van der Waals surface area contributed by atoms with Gasteiger partial charge in [-0.05, 0) is 47.9 Å². The van der Waals surface area contributed by atoms with Gasteiger partial charge in [0.05, 0.1) is 13.2 Å². The van der Waals surface area contributed by atoms with Crippen LogP contribution in [-0.4, -0.2) is 49.5 Å². The van der Waals surface area contributed by atoms with E-state index in [4.69, 9.17) is 4.74 Å². The summed E-state index contributed by atoms with van der Waals surface area (Å²) in [6.45, 7) is 8.84. The lowest BCUT2D eigenvalue weighted by Gasteiger charge is -2.40. The van der Waals surface area contributed by atoms with E-state index in [1.54, 1.807) is 7.11 Å². The zero-order valence-corrected chi connectivity index (χ0v) is 17.0. The highest BCUT2D eigenvalue weighted by Crippen LogP contribution is 2.28. The number of rotatable bonds is 3. The second kappa shape index (κ2) is 7.73. The maximum absolute atomic E-state index is 13.1. The molecule has 0 aromatic heterocycles. The van der Waals surface area contributed by atoms with Gasteiger partial charge in [0, 0.05) is 25.2 Å². The molecule has 0 radical (unpaired) electrons. The molecule has 0 aliphatic carbocycles. The molecule has 0 spiro atoms. The van der Waals surface area contributed by atoms with Crippen LogP contribution >= 0.6 is 0 Å². The lowest BCUT2D eigenvalue weighted by Crippen LogP contribution is -2.49. The summed E-state index contributed by atoms with van der Waals surface area (Å²) in [5.41, 5.74) is 3.27. The Labute approximate surface area is 162 Å². The van der Waals surface area contributed by atoms with Gasteiger partial charge in [-0.1, -0.05) is 45.0 Å². The van der Waals surface area contributed by atoms with E-state index in [2.05, 4.69) is 57.0 Å². The standard InChI is InChI=1S/C23H30N2O2/c1-23(2,3)19-11-9-17(10-12-19)22(26)25-14-13-24(4)21(16-25)18-7-6-8-20(15-18)27-5/h6-12,15,21H,13-14,16H2,1-5H3. The van der Waals surface area contributed by atoms with E-state index in [0.29, 0.717) is 6.54 Å². The summed E-state index contributed by atoms with van der Waals surface area (Å²) < 4.78 is 5.36. The van der Waals surface area contributed by atoms with E-state index in [9.17, 15) is 4.79 Å². The van der Waals surface area contributed by atoms with Crippen molar-refractivity contribution in [3.8, 4) is 5.75 Å². The average Bonchev–Trinajstić information content (AvgIpc) is 2.67. The maximum atomic E-state index is 13.1. The van der Waals surface area contributed by atoms with Crippen LogP contribution in [0.4, 0.5) is 0 Å². The molecule has 1 fully saturated rings. The number of amides is 1. The fourth-order valence-electron chi connectivity index (χ4n) is 3.56. The van der Waals surface area contributed by atoms with Gasteiger partial charge in [0.25, 0.3) is 5.91 Å². The van der Waals surface area contributed by atoms with Crippen molar-refractivity contribution in [2.24, 2.45) is 0 Å². The van der Waals surface area contributed by atoms with Gasteiger partial charge in [-0.3, -0.25) is 9.69 Å². The highest BCUT2D eigenvalue weighted by atomic mass is 16.5. The quantitative estimate of drug-likeness (QED) is 0.819. The van der Waals surface area contributed by atoms with E-state index in [0.717, 1.165) is 24.4 Å². The van der Waals surface area contributed by atoms with Crippen molar-refractivity contribution < 1.29 is 9.53 Å². The topological polar surface area (TPSA) is 32.8 Å². The number of carbonyl (C=O) groups is 1. The second-order valence-electron chi connectivity index (χ2n) is 8.35. The van der Waals surface area contributed by atoms with Crippen LogP contribution < -0.4 is 4.74 Å². The summed E-state index contributed by atoms with van der Waals surface area (Å²) >= 11 is 0. The molecule has 1 aliphatic heterocycles. The monoisotopic (exact) mass is 366 g/mol. The highest BCUT2D eigenvalue weighted by molar-refractivity contribution is 5.94. The summed E-state index contributed by atoms with van der Waals surface area (Å²) in [5, 5.41) is 0. The molecular weight excluding hydrogens is 336 g/mol. The average molecular weight is 367 g/mol. The molecule has 0 bridgehead atoms. The normalized spacial score (nSPS) is 18.4. The van der Waals surface area contributed by atoms with Crippen LogP contribution in [0.1, 0.15) is 48.3 Å². The molecule has 2 aromatic rings. The van der Waals surface area contributed by atoms with Crippen molar-refractivity contribution in [3.05, 3.63) is 65.2 Å². The first-order chi connectivity index (χ1) is 12.8. The van der Waals surface area contributed by atoms with Gasteiger partial charge in [0.15, 0.2) is 0 Å². The Morgan fingerprint density at radius 1 is 1.07 bits per heavy atom. The molecule has 1 heterocycles. The molecule has 3 rings (SSSR count). The molecule has 4 nitrogen and oxygen atoms in total. The Hall–Kier alpha value is -2.33. The molecular formula is C23H30N2O2. The van der Waals surface area contributed by atoms with Gasteiger partial charge in [0.2, 0.25) is 0 Å². The number of likely N-dealkylation sites (N-methyl/N-ethyl adjacent to an activating group) is 1. The zero-order chi connectivity index (χ0) is 19.6. The van der Waals surface area contributed by atoms with Crippen LogP contribution in [0.2, 0.25) is 0 Å². The van der Waals surface area contributed by atoms with E-state index >= 15 is 0 Å². The first kappa shape index (κ1) is 19.4. The van der Waals surface area contributed by atoms with Crippen molar-refractivity contribution in [2.75, 3.05) is 33.8 Å². The summed E-state index contributed by atoms with van der Waals surface area (Å²) in [6, 6.07) is 16.4. The molecule has 1 aliphatic rings. The number of hydrogen-bond donors (Lipinski definition) is 0. The maximum Gasteiger partial charge on any atom is 0.253 e. The van der Waals surface area contributed by atoms with E-state index < -0.39 is 0 Å². The lowest BCUT2D eigenvalue weighted by atomic mass is 9.86. The highest BCUT2D eigenvalue weighted by Gasteiger charge is 2.29. The van der Waals surface area contributed by atoms with Crippen LogP contribution in [0.5, 0.6) is 5.75 Å². The fraction of sp³-hybridized carbons (Fsp3) is 0.435.